The van der Waals surface area contributed by atoms with Crippen LogP contribution < -0.4 is 10.6 Å². The van der Waals surface area contributed by atoms with E-state index in [1.807, 2.05) is 0 Å². The van der Waals surface area contributed by atoms with Crippen LogP contribution in [0.2, 0.25) is 0 Å². The van der Waals surface area contributed by atoms with Gasteiger partial charge in [-0.3, -0.25) is 10.2 Å². The number of nitrogens with one attached hydrogen (secondary N) is 3. The number of amidine groups is 2. The summed E-state index contributed by atoms with van der Waals surface area (Å²) in [4.78, 5) is 23.6. The van der Waals surface area contributed by atoms with Crippen molar-refractivity contribution in [1.29, 1.82) is 5.41 Å². The molecule has 3 heterocycles. The van der Waals surface area contributed by atoms with Gasteiger partial charge in [-0.2, -0.15) is 0 Å². The van der Waals surface area contributed by atoms with Crippen LogP contribution >= 0.6 is 11.3 Å². The van der Waals surface area contributed by atoms with E-state index in [0.717, 1.165) is 24.9 Å². The lowest BCUT2D eigenvalue weighted by molar-refractivity contribution is -0.125. The van der Waals surface area contributed by atoms with Gasteiger partial charge in [0.25, 0.3) is 0 Å². The average molecular weight is 517 g/mol. The largest absolute Gasteiger partial charge is 0.361 e. The van der Waals surface area contributed by atoms with Crippen LogP contribution in [0.15, 0.2) is 69.6 Å². The number of rotatable bonds is 5. The van der Waals surface area contributed by atoms with Gasteiger partial charge in [-0.25, -0.2) is 14.4 Å². The van der Waals surface area contributed by atoms with Crippen LogP contribution in [0.1, 0.15) is 30.4 Å². The van der Waals surface area contributed by atoms with E-state index in [0.29, 0.717) is 42.2 Å². The fourth-order valence-electron chi connectivity index (χ4n) is 4.64. The molecule has 3 N–H and O–H groups in total. The minimum atomic E-state index is -0.294. The Morgan fingerprint density at radius 2 is 2.11 bits per heavy atom. The highest BCUT2D eigenvalue weighted by Gasteiger charge is 2.27. The van der Waals surface area contributed by atoms with Crippen LogP contribution in [0.25, 0.3) is 10.1 Å². The molecule has 9 heteroatoms. The summed E-state index contributed by atoms with van der Waals surface area (Å²) in [7, 11) is 0. The van der Waals surface area contributed by atoms with E-state index in [-0.39, 0.29) is 23.5 Å². The Hall–Kier alpha value is -3.85. The lowest BCUT2D eigenvalue weighted by atomic mass is 9.99. The number of benzene rings is 2. The van der Waals surface area contributed by atoms with Crippen molar-refractivity contribution in [3.05, 3.63) is 76.6 Å². The number of hydrogen-bond donors (Lipinski definition) is 3. The lowest BCUT2D eigenvalue weighted by Crippen LogP contribution is -2.37. The zero-order valence-corrected chi connectivity index (χ0v) is 21.4. The third-order valence-corrected chi connectivity index (χ3v) is 7.70. The van der Waals surface area contributed by atoms with Crippen LogP contribution in [0, 0.1) is 24.1 Å². The van der Waals surface area contributed by atoms with Crippen molar-refractivity contribution in [3.8, 4) is 0 Å². The number of aryl methyl sites for hydroxylation is 1. The first-order valence-electron chi connectivity index (χ1n) is 12.4. The van der Waals surface area contributed by atoms with E-state index in [4.69, 9.17) is 5.41 Å². The molecule has 1 aromatic heterocycles. The first kappa shape index (κ1) is 24.8. The molecule has 2 aliphatic heterocycles. The Bertz CT molecular complexity index is 1430. The van der Waals surface area contributed by atoms with E-state index >= 15 is 0 Å². The summed E-state index contributed by atoms with van der Waals surface area (Å²) in [6.45, 7) is 3.61. The monoisotopic (exact) mass is 516 g/mol. The summed E-state index contributed by atoms with van der Waals surface area (Å²) in [5.41, 5.74) is 2.79. The van der Waals surface area contributed by atoms with Gasteiger partial charge in [0, 0.05) is 42.1 Å². The van der Waals surface area contributed by atoms with Crippen LogP contribution in [-0.2, 0) is 11.3 Å². The molecule has 1 saturated heterocycles. The highest BCUT2D eigenvalue weighted by atomic mass is 32.1. The molecule has 1 atom stereocenters. The highest BCUT2D eigenvalue weighted by molar-refractivity contribution is 7.17. The zero-order chi connectivity index (χ0) is 25.8. The normalized spacial score (nSPS) is 19.1. The van der Waals surface area contributed by atoms with Gasteiger partial charge in [0.2, 0.25) is 5.91 Å². The van der Waals surface area contributed by atoms with E-state index in [2.05, 4.69) is 55.2 Å². The number of carbonyl (C=O) groups is 1. The van der Waals surface area contributed by atoms with E-state index < -0.39 is 0 Å². The van der Waals surface area contributed by atoms with Crippen molar-refractivity contribution in [2.24, 2.45) is 15.9 Å². The molecule has 7 nitrogen and oxygen atoms in total. The van der Waals surface area contributed by atoms with Crippen molar-refractivity contribution >= 4 is 51.0 Å². The number of aliphatic imine (C=N–C) groups is 2. The molecule has 0 radical (unpaired) electrons. The number of fused-ring (bicyclic) bond motifs is 1. The van der Waals surface area contributed by atoms with Crippen molar-refractivity contribution in [2.75, 3.05) is 18.4 Å². The Kier molecular flexibility index (Phi) is 7.41. The molecule has 0 saturated carbocycles. The molecule has 1 amide bonds. The zero-order valence-electron chi connectivity index (χ0n) is 20.6. The Labute approximate surface area is 219 Å². The highest BCUT2D eigenvalue weighted by Crippen LogP contribution is 2.24. The molecule has 2 aliphatic rings. The van der Waals surface area contributed by atoms with Gasteiger partial charge in [-0.15, -0.1) is 11.3 Å². The van der Waals surface area contributed by atoms with E-state index in [1.54, 1.807) is 36.6 Å². The molecule has 3 aromatic rings. The number of thiophene rings is 1. The molecule has 190 valence electrons. The Balaban J connectivity index is 1.21. The average Bonchev–Trinajstić information content (AvgIpc) is 3.23. The van der Waals surface area contributed by atoms with Gasteiger partial charge in [-0.05, 0) is 78.4 Å². The van der Waals surface area contributed by atoms with Gasteiger partial charge >= 0.3 is 0 Å². The van der Waals surface area contributed by atoms with Crippen LogP contribution in [0.5, 0.6) is 0 Å². The summed E-state index contributed by atoms with van der Waals surface area (Å²) in [5, 5.41) is 17.8. The molecule has 1 fully saturated rings. The van der Waals surface area contributed by atoms with E-state index in [9.17, 15) is 9.18 Å². The van der Waals surface area contributed by atoms with Crippen molar-refractivity contribution in [2.45, 2.75) is 32.7 Å². The van der Waals surface area contributed by atoms with Crippen molar-refractivity contribution < 1.29 is 9.18 Å². The molecule has 0 aliphatic carbocycles. The van der Waals surface area contributed by atoms with Gasteiger partial charge in [0.15, 0.2) is 5.84 Å². The molecular formula is C28H29FN6OS. The molecule has 2 aromatic carbocycles. The number of nitrogens with zero attached hydrogens (tertiary/aromatic N) is 3. The van der Waals surface area contributed by atoms with Gasteiger partial charge in [0.05, 0.1) is 5.57 Å². The molecule has 5 rings (SSSR count). The minimum absolute atomic E-state index is 0.0750. The fourth-order valence-corrected chi connectivity index (χ4v) is 5.41. The summed E-state index contributed by atoms with van der Waals surface area (Å²) in [5.74, 6) is 0.438. The topological polar surface area (TPSA) is 92.9 Å². The molecule has 37 heavy (non-hydrogen) atoms. The predicted octanol–water partition coefficient (Wildman–Crippen LogP) is 5.48. The first-order valence-corrected chi connectivity index (χ1v) is 13.3. The number of carbonyl (C=O) groups excluding carboxylic acids is 1. The smallest absolute Gasteiger partial charge is 0.223 e. The molecular weight excluding hydrogens is 487 g/mol. The second kappa shape index (κ2) is 11.0. The van der Waals surface area contributed by atoms with E-state index in [1.165, 1.54) is 22.5 Å². The standard InChI is InChI=1S/C28H29FN6OS/c1-18-4-6-22(14-24(18)29)31-16-23-26(30)33-17-34-27(23)35-10-2-3-20(8-11-35)28(36)32-15-19-5-7-25-21(13-19)9-12-37-25/h4-7,9,12-14,16-17,20,30-31H,2-3,8,10-11,15H2,1H3,(H,32,36)/b23-16+,30-26?. The maximum atomic E-state index is 13.9. The summed E-state index contributed by atoms with van der Waals surface area (Å²) < 4.78 is 15.2. The predicted molar refractivity (Wildman–Crippen MR) is 149 cm³/mol. The lowest BCUT2D eigenvalue weighted by Gasteiger charge is -2.27. The van der Waals surface area contributed by atoms with Gasteiger partial charge < -0.3 is 15.5 Å². The minimum Gasteiger partial charge on any atom is -0.361 e. The SMILES string of the molecule is Cc1ccc(N/C=C2\C(=N)N=CN=C2N2CCCC(C(=O)NCc3ccc4sccc4c3)CC2)cc1F. The number of anilines is 1. The van der Waals surface area contributed by atoms with Crippen LogP contribution in [0.4, 0.5) is 10.1 Å². The first-order chi connectivity index (χ1) is 18.0. The number of amides is 1. The maximum Gasteiger partial charge on any atom is 0.223 e. The fraction of sp³-hybridized carbons (Fsp3) is 0.286. The number of hydrogen-bond acceptors (Lipinski definition) is 6. The maximum absolute atomic E-state index is 13.9. The van der Waals surface area contributed by atoms with Crippen LogP contribution in [0.3, 0.4) is 0 Å². The number of halogens is 1. The summed E-state index contributed by atoms with van der Waals surface area (Å²) in [6.07, 6.45) is 5.38. The third-order valence-electron chi connectivity index (χ3n) is 6.80. The second-order valence-electron chi connectivity index (χ2n) is 9.34. The Morgan fingerprint density at radius 1 is 1.22 bits per heavy atom. The van der Waals surface area contributed by atoms with Crippen molar-refractivity contribution in [3.63, 3.8) is 0 Å². The quantitative estimate of drug-likeness (QED) is 0.419. The Morgan fingerprint density at radius 3 is 2.97 bits per heavy atom. The molecule has 0 bridgehead atoms. The third kappa shape index (κ3) is 5.77. The van der Waals surface area contributed by atoms with Crippen LogP contribution in [-0.4, -0.2) is 41.9 Å². The number of likely N-dealkylation sites (tertiary alicyclic amines) is 1. The van der Waals surface area contributed by atoms with Gasteiger partial charge in [-0.1, -0.05) is 12.1 Å². The molecule has 1 unspecified atom stereocenters. The summed E-state index contributed by atoms with van der Waals surface area (Å²) in [6, 6.07) is 13.3. The molecule has 0 spiro atoms. The van der Waals surface area contributed by atoms with Gasteiger partial charge in [0.1, 0.15) is 18.0 Å². The second-order valence-corrected chi connectivity index (χ2v) is 10.3. The van der Waals surface area contributed by atoms with Crippen molar-refractivity contribution in [1.82, 2.24) is 10.2 Å². The summed E-state index contributed by atoms with van der Waals surface area (Å²) >= 11 is 1.71.